The fraction of sp³-hybridized carbons (Fsp3) is 0.0462. The van der Waals surface area contributed by atoms with Gasteiger partial charge in [-0.2, -0.15) is 0 Å². The van der Waals surface area contributed by atoms with Gasteiger partial charge in [-0.1, -0.05) is 202 Å². The first-order valence-electron chi connectivity index (χ1n) is 23.3. The number of fused-ring (bicyclic) bond motifs is 9. The van der Waals surface area contributed by atoms with Gasteiger partial charge in [0.2, 0.25) is 0 Å². The highest BCUT2D eigenvalue weighted by Crippen LogP contribution is 2.55. The number of hydrogen-bond donors (Lipinski definition) is 0. The van der Waals surface area contributed by atoms with Crippen LogP contribution in [0.15, 0.2) is 243 Å². The SMILES string of the molecule is CC1(C)c2ccccc2-c2cc(N(c3ccc(-c4ccccc4)cc3)c3ccc(-c4cccc5ccccc45)cc3)cc(-c3ccc4c5ccc6ccccc6c5n(-c5ccccc5)c4c3)c21. The zero-order valence-corrected chi connectivity index (χ0v) is 37.5. The highest BCUT2D eigenvalue weighted by atomic mass is 15.1. The molecular formula is C65H46N2. The summed E-state index contributed by atoms with van der Waals surface area (Å²) in [6.07, 6.45) is 0. The lowest BCUT2D eigenvalue weighted by molar-refractivity contribution is 0.662. The van der Waals surface area contributed by atoms with Crippen molar-refractivity contribution < 1.29 is 0 Å². The third-order valence-electron chi connectivity index (χ3n) is 14.3. The van der Waals surface area contributed by atoms with Gasteiger partial charge in [0.1, 0.15) is 0 Å². The number of anilines is 3. The minimum Gasteiger partial charge on any atom is -0.310 e. The topological polar surface area (TPSA) is 8.17 Å². The predicted octanol–water partition coefficient (Wildman–Crippen LogP) is 17.9. The molecule has 0 aliphatic heterocycles. The number of benzene rings is 11. The first-order chi connectivity index (χ1) is 33.0. The highest BCUT2D eigenvalue weighted by Gasteiger charge is 2.38. The Labute approximate surface area is 391 Å². The smallest absolute Gasteiger partial charge is 0.0619 e. The van der Waals surface area contributed by atoms with Crippen LogP contribution in [0.25, 0.3) is 93.5 Å². The Kier molecular flexibility index (Phi) is 8.91. The molecule has 0 spiro atoms. The number of rotatable bonds is 7. The average Bonchev–Trinajstić information content (AvgIpc) is 3.85. The Morgan fingerprint density at radius 1 is 0.343 bits per heavy atom. The molecule has 0 radical (unpaired) electrons. The van der Waals surface area contributed by atoms with E-state index in [0.29, 0.717) is 0 Å². The summed E-state index contributed by atoms with van der Waals surface area (Å²) in [5, 5.41) is 7.49. The van der Waals surface area contributed by atoms with Crippen LogP contribution < -0.4 is 4.90 Å². The molecule has 316 valence electrons. The third kappa shape index (κ3) is 6.25. The van der Waals surface area contributed by atoms with Gasteiger partial charge in [0.05, 0.1) is 11.0 Å². The van der Waals surface area contributed by atoms with E-state index in [-0.39, 0.29) is 5.41 Å². The molecule has 0 saturated carbocycles. The van der Waals surface area contributed by atoms with Crippen LogP contribution in [0.4, 0.5) is 17.1 Å². The monoisotopic (exact) mass is 854 g/mol. The summed E-state index contributed by atoms with van der Waals surface area (Å²) in [6, 6.07) is 89.5. The molecule has 2 nitrogen and oxygen atoms in total. The molecule has 1 heterocycles. The summed E-state index contributed by atoms with van der Waals surface area (Å²) in [5.74, 6) is 0. The molecule has 0 bridgehead atoms. The summed E-state index contributed by atoms with van der Waals surface area (Å²) >= 11 is 0. The molecule has 2 heteroatoms. The highest BCUT2D eigenvalue weighted by molar-refractivity contribution is 6.19. The van der Waals surface area contributed by atoms with Crippen molar-refractivity contribution in [2.45, 2.75) is 19.3 Å². The standard InChI is InChI=1S/C65H46N2/c1-65(2)61-27-14-13-25-56(61)60-42-52(41-59(63(60)65)48-33-38-57-58-39-32-46-19-10-12-24-55(46)64(58)67(62(57)40-48)49-21-7-4-8-22-49)66(50-34-28-44(29-35-50)43-16-5-3-6-17-43)51-36-30-47(31-37-51)54-26-15-20-45-18-9-11-23-53(45)54/h3-42H,1-2H3. The minimum absolute atomic E-state index is 0.237. The number of hydrogen-bond acceptors (Lipinski definition) is 1. The molecule has 67 heavy (non-hydrogen) atoms. The Bertz CT molecular complexity index is 3850. The molecule has 0 saturated heterocycles. The molecular weight excluding hydrogens is 809 g/mol. The molecule has 0 fully saturated rings. The molecule has 0 N–H and O–H groups in total. The van der Waals surface area contributed by atoms with E-state index < -0.39 is 0 Å². The van der Waals surface area contributed by atoms with E-state index in [0.717, 1.165) is 22.7 Å². The molecule has 0 atom stereocenters. The molecule has 12 aromatic rings. The molecule has 0 unspecified atom stereocenters. The second-order valence-electron chi connectivity index (χ2n) is 18.5. The van der Waals surface area contributed by atoms with E-state index in [9.17, 15) is 0 Å². The van der Waals surface area contributed by atoms with Crippen molar-refractivity contribution >= 4 is 60.4 Å². The van der Waals surface area contributed by atoms with Crippen LogP contribution in [0, 0.1) is 0 Å². The summed E-state index contributed by atoms with van der Waals surface area (Å²) in [5.41, 5.74) is 19.2. The first kappa shape index (κ1) is 39.0. The Hall–Kier alpha value is -8.46. The molecule has 1 aliphatic rings. The first-order valence-corrected chi connectivity index (χ1v) is 23.3. The van der Waals surface area contributed by atoms with Gasteiger partial charge in [0, 0.05) is 44.3 Å². The fourth-order valence-corrected chi connectivity index (χ4v) is 11.2. The van der Waals surface area contributed by atoms with Crippen LogP contribution in [0.2, 0.25) is 0 Å². The third-order valence-corrected chi connectivity index (χ3v) is 14.3. The van der Waals surface area contributed by atoms with Crippen molar-refractivity contribution in [3.8, 4) is 50.2 Å². The molecule has 0 amide bonds. The zero-order valence-electron chi connectivity index (χ0n) is 37.5. The average molecular weight is 855 g/mol. The van der Waals surface area contributed by atoms with E-state index in [1.165, 1.54) is 99.0 Å². The lowest BCUT2D eigenvalue weighted by Gasteiger charge is -2.29. The predicted molar refractivity (Wildman–Crippen MR) is 284 cm³/mol. The maximum Gasteiger partial charge on any atom is 0.0619 e. The second-order valence-corrected chi connectivity index (χ2v) is 18.5. The van der Waals surface area contributed by atoms with E-state index in [4.69, 9.17) is 0 Å². The Balaban J connectivity index is 1.06. The van der Waals surface area contributed by atoms with E-state index >= 15 is 0 Å². The lowest BCUT2D eigenvalue weighted by Crippen LogP contribution is -2.17. The molecule has 13 rings (SSSR count). The van der Waals surface area contributed by atoms with Gasteiger partial charge in [0.15, 0.2) is 0 Å². The molecule has 1 aromatic heterocycles. The van der Waals surface area contributed by atoms with Crippen molar-refractivity contribution in [3.63, 3.8) is 0 Å². The van der Waals surface area contributed by atoms with Crippen LogP contribution in [-0.4, -0.2) is 4.57 Å². The quantitative estimate of drug-likeness (QED) is 0.155. The van der Waals surface area contributed by atoms with E-state index in [1.54, 1.807) is 0 Å². The van der Waals surface area contributed by atoms with Crippen molar-refractivity contribution in [2.24, 2.45) is 0 Å². The summed E-state index contributed by atoms with van der Waals surface area (Å²) in [4.78, 5) is 2.45. The van der Waals surface area contributed by atoms with Crippen molar-refractivity contribution in [2.75, 3.05) is 4.90 Å². The summed E-state index contributed by atoms with van der Waals surface area (Å²) in [7, 11) is 0. The molecule has 1 aliphatic carbocycles. The van der Waals surface area contributed by atoms with Crippen LogP contribution in [-0.2, 0) is 5.41 Å². The van der Waals surface area contributed by atoms with Crippen LogP contribution in [0.1, 0.15) is 25.0 Å². The van der Waals surface area contributed by atoms with Crippen LogP contribution in [0.3, 0.4) is 0 Å². The van der Waals surface area contributed by atoms with Crippen molar-refractivity contribution in [1.29, 1.82) is 0 Å². The number of aromatic nitrogens is 1. The minimum atomic E-state index is -0.237. The second kappa shape index (κ2) is 15.3. The van der Waals surface area contributed by atoms with E-state index in [2.05, 4.69) is 266 Å². The van der Waals surface area contributed by atoms with Gasteiger partial charge in [0.25, 0.3) is 0 Å². The van der Waals surface area contributed by atoms with Gasteiger partial charge < -0.3 is 9.47 Å². The summed E-state index contributed by atoms with van der Waals surface area (Å²) in [6.45, 7) is 4.80. The number of para-hydroxylation sites is 1. The van der Waals surface area contributed by atoms with Crippen molar-refractivity contribution in [1.82, 2.24) is 4.57 Å². The molecule has 11 aromatic carbocycles. The zero-order chi connectivity index (χ0) is 44.6. The van der Waals surface area contributed by atoms with Gasteiger partial charge >= 0.3 is 0 Å². The largest absolute Gasteiger partial charge is 0.310 e. The van der Waals surface area contributed by atoms with Crippen LogP contribution in [0.5, 0.6) is 0 Å². The summed E-state index contributed by atoms with van der Waals surface area (Å²) < 4.78 is 2.48. The normalized spacial score (nSPS) is 12.7. The maximum absolute atomic E-state index is 2.48. The van der Waals surface area contributed by atoms with Gasteiger partial charge in [-0.25, -0.2) is 0 Å². The van der Waals surface area contributed by atoms with E-state index in [1.807, 2.05) is 0 Å². The van der Waals surface area contributed by atoms with Gasteiger partial charge in [-0.15, -0.1) is 0 Å². The van der Waals surface area contributed by atoms with Crippen LogP contribution >= 0.6 is 0 Å². The van der Waals surface area contributed by atoms with Gasteiger partial charge in [-0.05, 0) is 126 Å². The number of nitrogens with zero attached hydrogens (tertiary/aromatic N) is 2. The van der Waals surface area contributed by atoms with Gasteiger partial charge in [-0.3, -0.25) is 0 Å². The lowest BCUT2D eigenvalue weighted by atomic mass is 9.78. The maximum atomic E-state index is 2.48. The fourth-order valence-electron chi connectivity index (χ4n) is 11.2. The Morgan fingerprint density at radius 3 is 1.66 bits per heavy atom. The Morgan fingerprint density at radius 2 is 0.896 bits per heavy atom. The van der Waals surface area contributed by atoms with Crippen molar-refractivity contribution in [3.05, 3.63) is 254 Å².